The molecule has 0 aliphatic carbocycles. The maximum absolute atomic E-state index is 12.9. The lowest BCUT2D eigenvalue weighted by molar-refractivity contribution is 0.116. The molecule has 0 heterocycles. The Hall–Kier alpha value is -1.75. The van der Waals surface area contributed by atoms with Gasteiger partial charge in [-0.15, -0.1) is 0 Å². The topological polar surface area (TPSA) is 72.3 Å². The molecule has 5 N–H and O–H groups in total. The van der Waals surface area contributed by atoms with Crippen LogP contribution in [0.5, 0.6) is 0 Å². The van der Waals surface area contributed by atoms with E-state index in [2.05, 4.69) is 13.8 Å². The van der Waals surface area contributed by atoms with Crippen LogP contribution in [0.1, 0.15) is 44.2 Å². The first-order valence-electron chi connectivity index (χ1n) is 9.45. The standard InChI is InChI=1S/C17H21FN2O.C5H12/c18-14-8-6-13(7-9-14)11-16(20)17(21)15(19)10-12-4-2-1-3-5-12;1-3-5-4-2/h1-9,15-17,21H,10-11,19-20H2;3-5H2,1-2H3. The van der Waals surface area contributed by atoms with Gasteiger partial charge in [0.05, 0.1) is 6.10 Å². The van der Waals surface area contributed by atoms with E-state index in [1.54, 1.807) is 12.1 Å². The molecule has 0 bridgehead atoms. The van der Waals surface area contributed by atoms with Gasteiger partial charge in [-0.05, 0) is 36.1 Å². The molecule has 0 aliphatic heterocycles. The first-order chi connectivity index (χ1) is 12.5. The molecule has 0 radical (unpaired) electrons. The number of unbranched alkanes of at least 4 members (excludes halogenated alkanes) is 2. The Morgan fingerprint density at radius 1 is 0.808 bits per heavy atom. The Kier molecular flexibility index (Phi) is 10.8. The van der Waals surface area contributed by atoms with Gasteiger partial charge in [-0.1, -0.05) is 75.6 Å². The highest BCUT2D eigenvalue weighted by molar-refractivity contribution is 5.19. The Morgan fingerprint density at radius 3 is 1.69 bits per heavy atom. The summed E-state index contributed by atoms with van der Waals surface area (Å²) in [5.41, 5.74) is 14.0. The summed E-state index contributed by atoms with van der Waals surface area (Å²) >= 11 is 0. The smallest absolute Gasteiger partial charge is 0.123 e. The molecule has 0 aromatic heterocycles. The number of rotatable bonds is 8. The van der Waals surface area contributed by atoms with E-state index >= 15 is 0 Å². The number of aliphatic hydroxyl groups is 1. The van der Waals surface area contributed by atoms with Gasteiger partial charge in [0.25, 0.3) is 0 Å². The Labute approximate surface area is 157 Å². The minimum absolute atomic E-state index is 0.284. The van der Waals surface area contributed by atoms with Crippen molar-refractivity contribution in [2.75, 3.05) is 0 Å². The molecule has 2 rings (SSSR count). The zero-order valence-corrected chi connectivity index (χ0v) is 15.9. The molecule has 0 saturated carbocycles. The third-order valence-electron chi connectivity index (χ3n) is 4.28. The number of benzene rings is 2. The number of hydrogen-bond donors (Lipinski definition) is 3. The molecule has 4 heteroatoms. The van der Waals surface area contributed by atoms with Crippen molar-refractivity contribution in [1.29, 1.82) is 0 Å². The third-order valence-corrected chi connectivity index (χ3v) is 4.28. The van der Waals surface area contributed by atoms with Crippen LogP contribution in [0.2, 0.25) is 0 Å². The van der Waals surface area contributed by atoms with E-state index in [1.807, 2.05) is 30.3 Å². The normalized spacial score (nSPS) is 14.1. The van der Waals surface area contributed by atoms with Crippen LogP contribution in [0.4, 0.5) is 4.39 Å². The van der Waals surface area contributed by atoms with Crippen LogP contribution in [-0.2, 0) is 12.8 Å². The molecule has 0 aliphatic rings. The monoisotopic (exact) mass is 360 g/mol. The third kappa shape index (κ3) is 8.56. The van der Waals surface area contributed by atoms with Gasteiger partial charge in [-0.3, -0.25) is 0 Å². The molecule has 0 amide bonds. The van der Waals surface area contributed by atoms with E-state index in [-0.39, 0.29) is 5.82 Å². The first-order valence-corrected chi connectivity index (χ1v) is 9.45. The van der Waals surface area contributed by atoms with Gasteiger partial charge in [0, 0.05) is 12.1 Å². The van der Waals surface area contributed by atoms with Crippen LogP contribution in [0.25, 0.3) is 0 Å². The molecule has 3 atom stereocenters. The lowest BCUT2D eigenvalue weighted by atomic mass is 9.94. The van der Waals surface area contributed by atoms with Crippen LogP contribution in [0, 0.1) is 5.82 Å². The summed E-state index contributed by atoms with van der Waals surface area (Å²) in [6.07, 6.45) is 4.30. The molecule has 26 heavy (non-hydrogen) atoms. The zero-order valence-electron chi connectivity index (χ0n) is 15.9. The second-order valence-corrected chi connectivity index (χ2v) is 6.69. The largest absolute Gasteiger partial charge is 0.390 e. The summed E-state index contributed by atoms with van der Waals surface area (Å²) in [7, 11) is 0. The van der Waals surface area contributed by atoms with Crippen LogP contribution >= 0.6 is 0 Å². The number of hydrogen-bond acceptors (Lipinski definition) is 3. The maximum Gasteiger partial charge on any atom is 0.123 e. The molecular weight excluding hydrogens is 327 g/mol. The summed E-state index contributed by atoms with van der Waals surface area (Å²) in [6, 6.07) is 15.0. The van der Waals surface area contributed by atoms with Crippen LogP contribution in [0.15, 0.2) is 54.6 Å². The van der Waals surface area contributed by atoms with Crippen molar-refractivity contribution in [3.05, 3.63) is 71.5 Å². The fourth-order valence-electron chi connectivity index (χ4n) is 2.69. The van der Waals surface area contributed by atoms with E-state index in [9.17, 15) is 9.50 Å². The summed E-state index contributed by atoms with van der Waals surface area (Å²) in [6.45, 7) is 4.42. The highest BCUT2D eigenvalue weighted by atomic mass is 19.1. The summed E-state index contributed by atoms with van der Waals surface area (Å²) in [4.78, 5) is 0. The zero-order chi connectivity index (χ0) is 19.4. The van der Waals surface area contributed by atoms with Crippen molar-refractivity contribution in [2.24, 2.45) is 11.5 Å². The predicted molar refractivity (Wildman–Crippen MR) is 107 cm³/mol. The fraction of sp³-hybridized carbons (Fsp3) is 0.455. The van der Waals surface area contributed by atoms with Crippen LogP contribution in [-0.4, -0.2) is 23.3 Å². The summed E-state index contributed by atoms with van der Waals surface area (Å²) < 4.78 is 12.9. The van der Waals surface area contributed by atoms with Gasteiger partial charge in [-0.25, -0.2) is 4.39 Å². The molecule has 2 aromatic rings. The average Bonchev–Trinajstić information content (AvgIpc) is 2.65. The van der Waals surface area contributed by atoms with Gasteiger partial charge in [0.15, 0.2) is 0 Å². The van der Waals surface area contributed by atoms with E-state index in [1.165, 1.54) is 31.4 Å². The Bertz CT molecular complexity index is 587. The van der Waals surface area contributed by atoms with Crippen molar-refractivity contribution in [3.63, 3.8) is 0 Å². The molecule has 144 valence electrons. The highest BCUT2D eigenvalue weighted by Gasteiger charge is 2.22. The molecule has 2 aromatic carbocycles. The van der Waals surface area contributed by atoms with Crippen molar-refractivity contribution in [3.8, 4) is 0 Å². The van der Waals surface area contributed by atoms with E-state index in [0.29, 0.717) is 12.8 Å². The molecule has 0 saturated heterocycles. The van der Waals surface area contributed by atoms with Crippen molar-refractivity contribution in [2.45, 2.75) is 64.1 Å². The minimum atomic E-state index is -0.810. The minimum Gasteiger partial charge on any atom is -0.390 e. The lowest BCUT2D eigenvalue weighted by Gasteiger charge is -2.25. The van der Waals surface area contributed by atoms with Crippen LogP contribution < -0.4 is 11.5 Å². The van der Waals surface area contributed by atoms with E-state index in [4.69, 9.17) is 11.5 Å². The first kappa shape index (κ1) is 22.3. The SMILES string of the molecule is CCCCC.NC(Cc1ccccc1)C(O)C(N)Cc1ccc(F)cc1. The van der Waals surface area contributed by atoms with E-state index < -0.39 is 18.2 Å². The number of halogens is 1. The van der Waals surface area contributed by atoms with Crippen molar-refractivity contribution in [1.82, 2.24) is 0 Å². The molecule has 3 nitrogen and oxygen atoms in total. The predicted octanol–water partition coefficient (Wildman–Crippen LogP) is 3.82. The van der Waals surface area contributed by atoms with Crippen LogP contribution in [0.3, 0.4) is 0 Å². The summed E-state index contributed by atoms with van der Waals surface area (Å²) in [5.74, 6) is -0.284. The van der Waals surface area contributed by atoms with Crippen molar-refractivity contribution < 1.29 is 9.50 Å². The molecule has 0 spiro atoms. The van der Waals surface area contributed by atoms with Gasteiger partial charge >= 0.3 is 0 Å². The Morgan fingerprint density at radius 2 is 1.27 bits per heavy atom. The molecule has 3 unspecified atom stereocenters. The second kappa shape index (κ2) is 12.6. The summed E-state index contributed by atoms with van der Waals surface area (Å²) in [5, 5.41) is 10.2. The quantitative estimate of drug-likeness (QED) is 0.670. The van der Waals surface area contributed by atoms with Gasteiger partial charge in [0.1, 0.15) is 5.82 Å². The highest BCUT2D eigenvalue weighted by Crippen LogP contribution is 2.11. The average molecular weight is 361 g/mol. The number of aliphatic hydroxyl groups excluding tert-OH is 1. The second-order valence-electron chi connectivity index (χ2n) is 6.69. The Balaban J connectivity index is 0.000000597. The van der Waals surface area contributed by atoms with Gasteiger partial charge in [0.2, 0.25) is 0 Å². The molecular formula is C22H33FN2O. The fourth-order valence-corrected chi connectivity index (χ4v) is 2.69. The lowest BCUT2D eigenvalue weighted by Crippen LogP contribution is -2.49. The van der Waals surface area contributed by atoms with Gasteiger partial charge < -0.3 is 16.6 Å². The van der Waals surface area contributed by atoms with Gasteiger partial charge in [-0.2, -0.15) is 0 Å². The van der Waals surface area contributed by atoms with E-state index in [0.717, 1.165) is 11.1 Å². The maximum atomic E-state index is 12.9. The van der Waals surface area contributed by atoms with Crippen molar-refractivity contribution >= 4 is 0 Å². The number of nitrogens with two attached hydrogens (primary N) is 2. The molecule has 0 fully saturated rings.